The molecule has 1 amide bonds. The lowest BCUT2D eigenvalue weighted by Crippen LogP contribution is -2.23. The largest absolute Gasteiger partial charge is 0.496 e. The zero-order valence-electron chi connectivity index (χ0n) is 16.2. The molecular formula is C21H22N2O4S. The van der Waals surface area contributed by atoms with Crippen molar-refractivity contribution in [1.82, 2.24) is 10.3 Å². The molecule has 0 aliphatic carbocycles. The SMILES string of the molecule is COc1cc(OC)c(OC)cc1CNC(=O)c1sc(-c2ccccc2)nc1C. The van der Waals surface area contributed by atoms with Crippen molar-refractivity contribution >= 4 is 17.2 Å². The van der Waals surface area contributed by atoms with Crippen LogP contribution in [0.3, 0.4) is 0 Å². The molecule has 3 aromatic rings. The summed E-state index contributed by atoms with van der Waals surface area (Å²) in [5, 5.41) is 3.77. The van der Waals surface area contributed by atoms with Gasteiger partial charge in [-0.1, -0.05) is 30.3 Å². The van der Waals surface area contributed by atoms with Crippen LogP contribution in [0.2, 0.25) is 0 Å². The lowest BCUT2D eigenvalue weighted by atomic mass is 10.1. The predicted molar refractivity (Wildman–Crippen MR) is 110 cm³/mol. The fourth-order valence-electron chi connectivity index (χ4n) is 2.80. The van der Waals surface area contributed by atoms with E-state index in [0.717, 1.165) is 16.1 Å². The molecule has 1 heterocycles. The van der Waals surface area contributed by atoms with Crippen LogP contribution < -0.4 is 19.5 Å². The standard InChI is InChI=1S/C21H22N2O4S/c1-13-19(28-21(23-13)14-8-6-5-7-9-14)20(24)22-12-15-10-17(26-3)18(27-4)11-16(15)25-2/h5-11H,12H2,1-4H3,(H,22,24). The van der Waals surface area contributed by atoms with Gasteiger partial charge >= 0.3 is 0 Å². The van der Waals surface area contributed by atoms with Crippen LogP contribution in [0.15, 0.2) is 42.5 Å². The van der Waals surface area contributed by atoms with Crippen molar-refractivity contribution in [3.63, 3.8) is 0 Å². The highest BCUT2D eigenvalue weighted by molar-refractivity contribution is 7.17. The Morgan fingerprint density at radius 3 is 2.29 bits per heavy atom. The molecule has 6 nitrogen and oxygen atoms in total. The number of methoxy groups -OCH3 is 3. The zero-order valence-corrected chi connectivity index (χ0v) is 17.1. The van der Waals surface area contributed by atoms with Gasteiger partial charge in [0.1, 0.15) is 15.6 Å². The molecule has 0 radical (unpaired) electrons. The number of rotatable bonds is 7. The number of nitrogens with zero attached hydrogens (tertiary/aromatic N) is 1. The number of ether oxygens (including phenoxy) is 3. The summed E-state index contributed by atoms with van der Waals surface area (Å²) in [4.78, 5) is 17.9. The molecule has 0 spiro atoms. The van der Waals surface area contributed by atoms with Crippen LogP contribution in [-0.2, 0) is 6.54 Å². The van der Waals surface area contributed by atoms with Gasteiger partial charge in [-0.3, -0.25) is 4.79 Å². The van der Waals surface area contributed by atoms with Crippen molar-refractivity contribution in [3.8, 4) is 27.8 Å². The van der Waals surface area contributed by atoms with Gasteiger partial charge in [0.2, 0.25) is 0 Å². The number of aromatic nitrogens is 1. The lowest BCUT2D eigenvalue weighted by Gasteiger charge is -2.14. The molecule has 2 aromatic carbocycles. The Labute approximate surface area is 168 Å². The molecule has 0 bridgehead atoms. The van der Waals surface area contributed by atoms with E-state index in [1.54, 1.807) is 33.5 Å². The van der Waals surface area contributed by atoms with E-state index < -0.39 is 0 Å². The second kappa shape index (κ2) is 8.75. The summed E-state index contributed by atoms with van der Waals surface area (Å²) >= 11 is 1.38. The molecule has 1 aromatic heterocycles. The van der Waals surface area contributed by atoms with E-state index >= 15 is 0 Å². The summed E-state index contributed by atoms with van der Waals surface area (Å²) in [6.07, 6.45) is 0. The first-order valence-electron chi connectivity index (χ1n) is 8.67. The average molecular weight is 398 g/mol. The van der Waals surface area contributed by atoms with Crippen molar-refractivity contribution < 1.29 is 19.0 Å². The molecule has 0 saturated heterocycles. The van der Waals surface area contributed by atoms with Crippen molar-refractivity contribution in [2.75, 3.05) is 21.3 Å². The second-order valence-corrected chi connectivity index (χ2v) is 7.00. The third-order valence-electron chi connectivity index (χ3n) is 4.25. The Hall–Kier alpha value is -3.06. The second-order valence-electron chi connectivity index (χ2n) is 6.00. The van der Waals surface area contributed by atoms with E-state index in [0.29, 0.717) is 34.4 Å². The topological polar surface area (TPSA) is 69.7 Å². The Morgan fingerprint density at radius 1 is 1.00 bits per heavy atom. The van der Waals surface area contributed by atoms with Crippen LogP contribution in [0.5, 0.6) is 17.2 Å². The molecule has 0 unspecified atom stereocenters. The van der Waals surface area contributed by atoms with E-state index in [1.807, 2.05) is 37.3 Å². The van der Waals surface area contributed by atoms with Crippen LogP contribution in [0.25, 0.3) is 10.6 Å². The van der Waals surface area contributed by atoms with Crippen LogP contribution >= 0.6 is 11.3 Å². The van der Waals surface area contributed by atoms with Gasteiger partial charge in [0.05, 0.1) is 27.0 Å². The Morgan fingerprint density at radius 2 is 1.64 bits per heavy atom. The molecule has 146 valence electrons. The van der Waals surface area contributed by atoms with E-state index in [-0.39, 0.29) is 5.91 Å². The zero-order chi connectivity index (χ0) is 20.1. The minimum Gasteiger partial charge on any atom is -0.496 e. The van der Waals surface area contributed by atoms with Gasteiger partial charge in [-0.25, -0.2) is 4.98 Å². The highest BCUT2D eigenvalue weighted by Gasteiger charge is 2.18. The summed E-state index contributed by atoms with van der Waals surface area (Å²) in [7, 11) is 4.71. The summed E-state index contributed by atoms with van der Waals surface area (Å²) < 4.78 is 16.0. The molecule has 0 atom stereocenters. The summed E-state index contributed by atoms with van der Waals surface area (Å²) in [6, 6.07) is 13.4. The Kier molecular flexibility index (Phi) is 6.16. The molecular weight excluding hydrogens is 376 g/mol. The molecule has 0 fully saturated rings. The smallest absolute Gasteiger partial charge is 0.263 e. The summed E-state index contributed by atoms with van der Waals surface area (Å²) in [6.45, 7) is 2.13. The van der Waals surface area contributed by atoms with Crippen LogP contribution in [0.1, 0.15) is 20.9 Å². The van der Waals surface area contributed by atoms with Gasteiger partial charge in [0.15, 0.2) is 11.5 Å². The minimum absolute atomic E-state index is 0.172. The molecule has 1 N–H and O–H groups in total. The van der Waals surface area contributed by atoms with E-state index in [4.69, 9.17) is 14.2 Å². The number of thiazole rings is 1. The molecule has 3 rings (SSSR count). The molecule has 0 aliphatic heterocycles. The lowest BCUT2D eigenvalue weighted by molar-refractivity contribution is 0.0954. The first-order valence-corrected chi connectivity index (χ1v) is 9.49. The monoisotopic (exact) mass is 398 g/mol. The van der Waals surface area contributed by atoms with Crippen LogP contribution in [-0.4, -0.2) is 32.2 Å². The quantitative estimate of drug-likeness (QED) is 0.650. The van der Waals surface area contributed by atoms with Gasteiger partial charge in [-0.2, -0.15) is 0 Å². The highest BCUT2D eigenvalue weighted by Crippen LogP contribution is 2.34. The first-order chi connectivity index (χ1) is 13.6. The number of aryl methyl sites for hydroxylation is 1. The first kappa shape index (κ1) is 19.7. The van der Waals surface area contributed by atoms with Gasteiger partial charge in [-0.15, -0.1) is 11.3 Å². The van der Waals surface area contributed by atoms with E-state index in [9.17, 15) is 4.79 Å². The number of amides is 1. The Balaban J connectivity index is 1.79. The fraction of sp³-hybridized carbons (Fsp3) is 0.238. The fourth-order valence-corrected chi connectivity index (χ4v) is 3.79. The third kappa shape index (κ3) is 4.09. The predicted octanol–water partition coefficient (Wildman–Crippen LogP) is 4.07. The van der Waals surface area contributed by atoms with Gasteiger partial charge in [0.25, 0.3) is 5.91 Å². The van der Waals surface area contributed by atoms with Crippen molar-refractivity contribution in [2.45, 2.75) is 13.5 Å². The number of carbonyl (C=O) groups excluding carboxylic acids is 1. The number of hydrogen-bond donors (Lipinski definition) is 1. The third-order valence-corrected chi connectivity index (χ3v) is 5.45. The van der Waals surface area contributed by atoms with Gasteiger partial charge in [-0.05, 0) is 13.0 Å². The number of carbonyl (C=O) groups is 1. The molecule has 0 aliphatic rings. The minimum atomic E-state index is -0.172. The number of nitrogens with one attached hydrogen (secondary N) is 1. The van der Waals surface area contributed by atoms with Crippen molar-refractivity contribution in [1.29, 1.82) is 0 Å². The normalized spacial score (nSPS) is 10.4. The molecule has 28 heavy (non-hydrogen) atoms. The Bertz CT molecular complexity index is 970. The molecule has 7 heteroatoms. The number of hydrogen-bond acceptors (Lipinski definition) is 6. The maximum Gasteiger partial charge on any atom is 0.263 e. The van der Waals surface area contributed by atoms with Gasteiger partial charge in [0, 0.05) is 23.7 Å². The highest BCUT2D eigenvalue weighted by atomic mass is 32.1. The van der Waals surface area contributed by atoms with Crippen LogP contribution in [0.4, 0.5) is 0 Å². The van der Waals surface area contributed by atoms with Crippen molar-refractivity contribution in [2.24, 2.45) is 0 Å². The number of benzene rings is 2. The van der Waals surface area contributed by atoms with Crippen molar-refractivity contribution in [3.05, 3.63) is 58.6 Å². The van der Waals surface area contributed by atoms with Crippen LogP contribution in [0, 0.1) is 6.92 Å². The van der Waals surface area contributed by atoms with E-state index in [2.05, 4.69) is 10.3 Å². The summed E-state index contributed by atoms with van der Waals surface area (Å²) in [5.74, 6) is 1.59. The molecule has 0 saturated carbocycles. The average Bonchev–Trinajstić information content (AvgIpc) is 3.13. The summed E-state index contributed by atoms with van der Waals surface area (Å²) in [5.41, 5.74) is 2.50. The van der Waals surface area contributed by atoms with E-state index in [1.165, 1.54) is 11.3 Å². The van der Waals surface area contributed by atoms with Gasteiger partial charge < -0.3 is 19.5 Å². The maximum absolute atomic E-state index is 12.7. The maximum atomic E-state index is 12.7.